The number of hydrogen-bond acceptors (Lipinski definition) is 1. The lowest BCUT2D eigenvalue weighted by molar-refractivity contribution is 0.591. The predicted octanol–water partition coefficient (Wildman–Crippen LogP) is 17.0. The lowest BCUT2D eigenvalue weighted by Gasteiger charge is -2.19. The van der Waals surface area contributed by atoms with Crippen molar-refractivity contribution in [3.8, 4) is 16.8 Å². The molecule has 9 aromatic carbocycles. The van der Waals surface area contributed by atoms with Crippen molar-refractivity contribution in [3.63, 3.8) is 0 Å². The monoisotopic (exact) mass is 858 g/mol. The minimum Gasteiger partial charge on any atom is -0.309 e. The first-order valence-corrected chi connectivity index (χ1v) is 23.7. The molecule has 15 aromatic rings. The second-order valence-electron chi connectivity index (χ2n) is 21.2. The third-order valence-corrected chi connectivity index (χ3v) is 15.3. The SMILES string of the molecule is CC(C)(C)c1cc2c3nc4c(cc3n3c5ccc6ccccc6c5c(c1)c23)c1cc(C(C)(C)C)cc2c3c5ccccc5cc(-c5ccc6c(c5)c5ccccc5n6-c5ccccc5)c3n4c12. The van der Waals surface area contributed by atoms with Gasteiger partial charge in [0.25, 0.3) is 0 Å². The van der Waals surface area contributed by atoms with Gasteiger partial charge < -0.3 is 8.97 Å². The highest BCUT2D eigenvalue weighted by molar-refractivity contribution is 6.33. The molecule has 6 aromatic heterocycles. The summed E-state index contributed by atoms with van der Waals surface area (Å²) < 4.78 is 7.48. The van der Waals surface area contributed by atoms with Crippen molar-refractivity contribution in [2.24, 2.45) is 0 Å². The smallest absolute Gasteiger partial charge is 0.146 e. The molecule has 0 saturated carbocycles. The molecule has 0 N–H and O–H groups in total. The fourth-order valence-electron chi connectivity index (χ4n) is 12.1. The predicted molar refractivity (Wildman–Crippen MR) is 286 cm³/mol. The van der Waals surface area contributed by atoms with Crippen molar-refractivity contribution < 1.29 is 0 Å². The van der Waals surface area contributed by atoms with Gasteiger partial charge in [0.05, 0.1) is 44.1 Å². The number of benzene rings is 9. The van der Waals surface area contributed by atoms with Crippen LogP contribution in [0.15, 0.2) is 170 Å². The van der Waals surface area contributed by atoms with Gasteiger partial charge in [-0.2, -0.15) is 0 Å². The van der Waals surface area contributed by atoms with Crippen LogP contribution in [0.25, 0.3) is 137 Å². The van der Waals surface area contributed by atoms with Gasteiger partial charge >= 0.3 is 0 Å². The minimum atomic E-state index is -0.0825. The van der Waals surface area contributed by atoms with Gasteiger partial charge in [-0.05, 0) is 122 Å². The highest BCUT2D eigenvalue weighted by Crippen LogP contribution is 2.50. The first-order chi connectivity index (χ1) is 32.5. The first-order valence-electron chi connectivity index (χ1n) is 23.7. The van der Waals surface area contributed by atoms with Gasteiger partial charge in [0, 0.05) is 59.7 Å². The summed E-state index contributed by atoms with van der Waals surface area (Å²) in [6.45, 7) is 14.0. The summed E-state index contributed by atoms with van der Waals surface area (Å²) in [6, 6.07) is 64.0. The summed E-state index contributed by atoms with van der Waals surface area (Å²) in [5.41, 5.74) is 16.6. The number of rotatable bonds is 2. The molecule has 0 unspecified atom stereocenters. The van der Waals surface area contributed by atoms with Gasteiger partial charge in [0.2, 0.25) is 0 Å². The van der Waals surface area contributed by atoms with E-state index < -0.39 is 0 Å². The second-order valence-corrected chi connectivity index (χ2v) is 21.2. The Hall–Kier alpha value is -7.95. The van der Waals surface area contributed by atoms with Crippen LogP contribution in [0.5, 0.6) is 0 Å². The van der Waals surface area contributed by atoms with Gasteiger partial charge in [-0.3, -0.25) is 4.40 Å². The molecule has 6 heterocycles. The van der Waals surface area contributed by atoms with Crippen LogP contribution in [0.1, 0.15) is 52.7 Å². The third kappa shape index (κ3) is 4.79. The number of pyridine rings is 1. The normalized spacial score (nSPS) is 13.2. The van der Waals surface area contributed by atoms with Crippen molar-refractivity contribution in [1.82, 2.24) is 18.4 Å². The topological polar surface area (TPSA) is 26.6 Å². The molecule has 0 bridgehead atoms. The number of hydrogen-bond donors (Lipinski definition) is 0. The zero-order valence-corrected chi connectivity index (χ0v) is 38.5. The van der Waals surface area contributed by atoms with Crippen molar-refractivity contribution >= 4 is 120 Å². The highest BCUT2D eigenvalue weighted by Gasteiger charge is 2.29. The summed E-state index contributed by atoms with van der Waals surface area (Å²) in [7, 11) is 0. The van der Waals surface area contributed by atoms with Crippen molar-refractivity contribution in [2.75, 3.05) is 0 Å². The molecule has 0 aliphatic heterocycles. The van der Waals surface area contributed by atoms with Gasteiger partial charge in [0.1, 0.15) is 5.65 Å². The molecule has 67 heavy (non-hydrogen) atoms. The Bertz CT molecular complexity index is 4620. The molecule has 0 spiro atoms. The molecule has 4 nitrogen and oxygen atoms in total. The fourth-order valence-corrected chi connectivity index (χ4v) is 12.1. The lowest BCUT2D eigenvalue weighted by Crippen LogP contribution is -2.10. The van der Waals surface area contributed by atoms with E-state index in [4.69, 9.17) is 4.98 Å². The van der Waals surface area contributed by atoms with E-state index in [0.29, 0.717) is 0 Å². The Morgan fingerprint density at radius 3 is 1.73 bits per heavy atom. The average molecular weight is 859 g/mol. The highest BCUT2D eigenvalue weighted by atomic mass is 15.0. The molecule has 0 amide bonds. The number of nitrogens with zero attached hydrogens (tertiary/aromatic N) is 4. The van der Waals surface area contributed by atoms with E-state index in [1.165, 1.54) is 125 Å². The Kier molecular flexibility index (Phi) is 6.94. The summed E-state index contributed by atoms with van der Waals surface area (Å²) in [4.78, 5) is 5.97. The van der Waals surface area contributed by atoms with Gasteiger partial charge in [-0.15, -0.1) is 0 Å². The lowest BCUT2D eigenvalue weighted by atomic mass is 9.85. The summed E-state index contributed by atoms with van der Waals surface area (Å²) in [5, 5.41) is 16.4. The van der Waals surface area contributed by atoms with Crippen LogP contribution in [0.3, 0.4) is 0 Å². The van der Waals surface area contributed by atoms with E-state index in [1.54, 1.807) is 0 Å². The van der Waals surface area contributed by atoms with Crippen LogP contribution in [0.2, 0.25) is 0 Å². The zero-order chi connectivity index (χ0) is 44.8. The summed E-state index contributed by atoms with van der Waals surface area (Å²) in [5.74, 6) is 0. The van der Waals surface area contributed by atoms with E-state index in [9.17, 15) is 0 Å². The summed E-state index contributed by atoms with van der Waals surface area (Å²) in [6.07, 6.45) is 0. The standard InChI is InChI=1S/C63H46N4/c1-62(2,3)38-30-46-47-34-54-57(50-33-39(63(4,5)6)31-48-55-41-20-12-10-16-35(41)24-27-53(55)66(54)59(48)50)64-61(47)67-58(46)49(32-38)56-42-21-13-11-17-36(42)28-44(60(56)67)37-25-26-52-45(29-37)43-22-14-15-23-51(43)65(52)40-18-8-7-9-19-40/h7-34H,1-6H3. The number of fused-ring (bicyclic) bond motifs is 19. The molecule has 0 radical (unpaired) electrons. The number of para-hydroxylation sites is 2. The first kappa shape index (κ1) is 37.3. The Balaban J connectivity index is 1.13. The van der Waals surface area contributed by atoms with Gasteiger partial charge in [-0.1, -0.05) is 139 Å². The largest absolute Gasteiger partial charge is 0.309 e. The van der Waals surface area contributed by atoms with Gasteiger partial charge in [0.15, 0.2) is 0 Å². The maximum Gasteiger partial charge on any atom is 0.146 e. The molecule has 15 rings (SSSR count). The van der Waals surface area contributed by atoms with E-state index in [-0.39, 0.29) is 10.8 Å². The molecule has 0 atom stereocenters. The Labute approximate surface area is 386 Å². The molecule has 0 saturated heterocycles. The molecular weight excluding hydrogens is 813 g/mol. The van der Waals surface area contributed by atoms with E-state index in [1.807, 2.05) is 0 Å². The second kappa shape index (κ2) is 12.5. The number of aromatic nitrogens is 4. The van der Waals surface area contributed by atoms with E-state index in [2.05, 4.69) is 225 Å². The van der Waals surface area contributed by atoms with Crippen molar-refractivity contribution in [3.05, 3.63) is 181 Å². The van der Waals surface area contributed by atoms with E-state index in [0.717, 1.165) is 22.4 Å². The molecule has 0 fully saturated rings. The molecule has 318 valence electrons. The third-order valence-electron chi connectivity index (χ3n) is 15.3. The van der Waals surface area contributed by atoms with E-state index >= 15 is 0 Å². The molecule has 0 aliphatic rings. The van der Waals surface area contributed by atoms with Crippen LogP contribution in [-0.4, -0.2) is 18.4 Å². The molecule has 0 aliphatic carbocycles. The average Bonchev–Trinajstić information content (AvgIpc) is 4.13. The van der Waals surface area contributed by atoms with Crippen molar-refractivity contribution in [1.29, 1.82) is 0 Å². The summed E-state index contributed by atoms with van der Waals surface area (Å²) >= 11 is 0. The van der Waals surface area contributed by atoms with Crippen LogP contribution < -0.4 is 0 Å². The quantitative estimate of drug-likeness (QED) is 0.170. The fraction of sp³-hybridized carbons (Fsp3) is 0.127. The maximum absolute atomic E-state index is 5.97. The van der Waals surface area contributed by atoms with Crippen molar-refractivity contribution in [2.45, 2.75) is 52.4 Å². The Morgan fingerprint density at radius 2 is 0.970 bits per heavy atom. The van der Waals surface area contributed by atoms with Crippen LogP contribution in [0.4, 0.5) is 0 Å². The van der Waals surface area contributed by atoms with Crippen LogP contribution in [0, 0.1) is 0 Å². The zero-order valence-electron chi connectivity index (χ0n) is 38.5. The Morgan fingerprint density at radius 1 is 0.373 bits per heavy atom. The van der Waals surface area contributed by atoms with Gasteiger partial charge in [-0.25, -0.2) is 4.98 Å². The minimum absolute atomic E-state index is 0.0595. The molecular formula is C63H46N4. The van der Waals surface area contributed by atoms with Crippen LogP contribution >= 0.6 is 0 Å². The molecule has 4 heteroatoms. The maximum atomic E-state index is 5.97. The van der Waals surface area contributed by atoms with Crippen LogP contribution in [-0.2, 0) is 10.8 Å².